The van der Waals surface area contributed by atoms with Crippen molar-refractivity contribution in [1.29, 1.82) is 0 Å². The van der Waals surface area contributed by atoms with Crippen LogP contribution in [0.1, 0.15) is 30.8 Å². The molecule has 1 fully saturated rings. The Morgan fingerprint density at radius 2 is 2.50 bits per heavy atom. The minimum atomic E-state index is 0.394. The van der Waals surface area contributed by atoms with Gasteiger partial charge in [0.1, 0.15) is 0 Å². The van der Waals surface area contributed by atoms with Gasteiger partial charge in [0.25, 0.3) is 0 Å². The van der Waals surface area contributed by atoms with Crippen molar-refractivity contribution < 1.29 is 0 Å². The molecule has 0 amide bonds. The predicted molar refractivity (Wildman–Crippen MR) is 58.7 cm³/mol. The molecule has 76 valence electrons. The number of nitrogens with one attached hydrogen (secondary N) is 1. The van der Waals surface area contributed by atoms with E-state index in [1.807, 2.05) is 16.8 Å². The Bertz CT molecular complexity index is 360. The number of fused-ring (bicyclic) bond motifs is 4. The molecule has 0 aromatic carbocycles. The second-order valence-corrected chi connectivity index (χ2v) is 5.70. The van der Waals surface area contributed by atoms with Crippen LogP contribution in [0.25, 0.3) is 0 Å². The Kier molecular flexibility index (Phi) is 1.77. The molecule has 0 saturated carbocycles. The van der Waals surface area contributed by atoms with E-state index in [1.54, 1.807) is 4.88 Å². The van der Waals surface area contributed by atoms with Gasteiger partial charge >= 0.3 is 0 Å². The third kappa shape index (κ3) is 0.971. The van der Waals surface area contributed by atoms with Crippen molar-refractivity contribution in [2.45, 2.75) is 38.1 Å². The summed E-state index contributed by atoms with van der Waals surface area (Å²) < 4.78 is 0. The average molecular weight is 208 g/mol. The van der Waals surface area contributed by atoms with Crippen LogP contribution in [-0.4, -0.2) is 17.6 Å². The summed E-state index contributed by atoms with van der Waals surface area (Å²) in [5.41, 5.74) is 3.77. The van der Waals surface area contributed by atoms with E-state index in [2.05, 4.69) is 24.1 Å². The van der Waals surface area contributed by atoms with Crippen LogP contribution >= 0.6 is 11.3 Å². The largest absolute Gasteiger partial charge is 0.313 e. The minimum absolute atomic E-state index is 0.394. The molecular weight excluding hydrogens is 192 g/mol. The highest BCUT2D eigenvalue weighted by molar-refractivity contribution is 7.10. The molecule has 0 radical (unpaired) electrons. The van der Waals surface area contributed by atoms with Crippen LogP contribution in [0.3, 0.4) is 0 Å². The van der Waals surface area contributed by atoms with Gasteiger partial charge in [0, 0.05) is 22.8 Å². The SMILES string of the molecule is C[C@H]1[C@H]2Cc3ncsc3[C@]1(C)CCN2. The van der Waals surface area contributed by atoms with Crippen LogP contribution in [-0.2, 0) is 11.8 Å². The van der Waals surface area contributed by atoms with Gasteiger partial charge in [-0.3, -0.25) is 0 Å². The van der Waals surface area contributed by atoms with Crippen LogP contribution in [0.2, 0.25) is 0 Å². The lowest BCUT2D eigenvalue weighted by Gasteiger charge is -2.48. The summed E-state index contributed by atoms with van der Waals surface area (Å²) in [7, 11) is 0. The van der Waals surface area contributed by atoms with Gasteiger partial charge in [-0.25, -0.2) is 4.98 Å². The smallest absolute Gasteiger partial charge is 0.0797 e. The van der Waals surface area contributed by atoms with Gasteiger partial charge in [-0.15, -0.1) is 11.3 Å². The van der Waals surface area contributed by atoms with Crippen LogP contribution < -0.4 is 5.32 Å². The molecule has 2 heterocycles. The Balaban J connectivity index is 2.15. The summed E-state index contributed by atoms with van der Waals surface area (Å²) in [6, 6.07) is 0.656. The minimum Gasteiger partial charge on any atom is -0.313 e. The monoisotopic (exact) mass is 208 g/mol. The van der Waals surface area contributed by atoms with E-state index in [0.29, 0.717) is 11.5 Å². The first-order chi connectivity index (χ1) is 6.72. The van der Waals surface area contributed by atoms with E-state index in [1.165, 1.54) is 18.7 Å². The highest BCUT2D eigenvalue weighted by Crippen LogP contribution is 2.47. The lowest BCUT2D eigenvalue weighted by atomic mass is 9.64. The fraction of sp³-hybridized carbons (Fsp3) is 0.727. The Morgan fingerprint density at radius 3 is 3.36 bits per heavy atom. The Morgan fingerprint density at radius 1 is 1.64 bits per heavy atom. The molecule has 1 N–H and O–H groups in total. The van der Waals surface area contributed by atoms with E-state index in [-0.39, 0.29) is 0 Å². The summed E-state index contributed by atoms with van der Waals surface area (Å²) in [4.78, 5) is 6.06. The van der Waals surface area contributed by atoms with Gasteiger partial charge in [0.05, 0.1) is 11.2 Å². The number of aromatic nitrogens is 1. The first-order valence-corrected chi connectivity index (χ1v) is 6.26. The number of rotatable bonds is 0. The summed E-state index contributed by atoms with van der Waals surface area (Å²) in [5, 5.41) is 3.62. The number of nitrogens with zero attached hydrogens (tertiary/aromatic N) is 1. The maximum absolute atomic E-state index is 4.50. The maximum atomic E-state index is 4.50. The number of hydrogen-bond acceptors (Lipinski definition) is 3. The molecule has 3 atom stereocenters. The zero-order chi connectivity index (χ0) is 9.76. The summed E-state index contributed by atoms with van der Waals surface area (Å²) in [6.07, 6.45) is 2.40. The van der Waals surface area contributed by atoms with Crippen molar-refractivity contribution in [3.05, 3.63) is 16.1 Å². The lowest BCUT2D eigenvalue weighted by molar-refractivity contribution is 0.161. The molecular formula is C11H16N2S. The van der Waals surface area contributed by atoms with Crippen molar-refractivity contribution in [2.24, 2.45) is 5.92 Å². The van der Waals surface area contributed by atoms with Crippen LogP contribution in [0, 0.1) is 5.92 Å². The fourth-order valence-electron chi connectivity index (χ4n) is 3.02. The number of piperidine rings is 1. The second kappa shape index (κ2) is 2.80. The number of hydrogen-bond donors (Lipinski definition) is 1. The Labute approximate surface area is 88.7 Å². The molecule has 1 aliphatic carbocycles. The fourth-order valence-corrected chi connectivity index (χ4v) is 4.14. The van der Waals surface area contributed by atoms with Gasteiger partial charge in [-0.05, 0) is 18.9 Å². The van der Waals surface area contributed by atoms with E-state index < -0.39 is 0 Å². The van der Waals surface area contributed by atoms with E-state index in [4.69, 9.17) is 0 Å². The zero-order valence-corrected chi connectivity index (χ0v) is 9.53. The topological polar surface area (TPSA) is 24.9 Å². The van der Waals surface area contributed by atoms with Crippen molar-refractivity contribution in [2.75, 3.05) is 6.54 Å². The van der Waals surface area contributed by atoms with Crippen molar-refractivity contribution in [3.63, 3.8) is 0 Å². The molecule has 1 aromatic rings. The first-order valence-electron chi connectivity index (χ1n) is 5.38. The van der Waals surface area contributed by atoms with Crippen molar-refractivity contribution in [1.82, 2.24) is 10.3 Å². The second-order valence-electron chi connectivity index (χ2n) is 4.85. The van der Waals surface area contributed by atoms with Crippen LogP contribution in [0.15, 0.2) is 5.51 Å². The molecule has 1 aromatic heterocycles. The predicted octanol–water partition coefficient (Wildman–Crippen LogP) is 1.95. The molecule has 2 bridgehead atoms. The van der Waals surface area contributed by atoms with Crippen molar-refractivity contribution in [3.8, 4) is 0 Å². The van der Waals surface area contributed by atoms with Crippen LogP contribution in [0.4, 0.5) is 0 Å². The van der Waals surface area contributed by atoms with Crippen LogP contribution in [0.5, 0.6) is 0 Å². The van der Waals surface area contributed by atoms with E-state index >= 15 is 0 Å². The molecule has 14 heavy (non-hydrogen) atoms. The van der Waals surface area contributed by atoms with Gasteiger partial charge in [-0.1, -0.05) is 13.8 Å². The highest BCUT2D eigenvalue weighted by atomic mass is 32.1. The quantitative estimate of drug-likeness (QED) is 0.705. The molecule has 1 saturated heterocycles. The van der Waals surface area contributed by atoms with Crippen molar-refractivity contribution >= 4 is 11.3 Å². The summed E-state index contributed by atoms with van der Waals surface area (Å²) >= 11 is 1.86. The van der Waals surface area contributed by atoms with Gasteiger partial charge in [0.2, 0.25) is 0 Å². The first kappa shape index (κ1) is 8.86. The molecule has 3 heteroatoms. The molecule has 3 rings (SSSR count). The van der Waals surface area contributed by atoms with Gasteiger partial charge in [0.15, 0.2) is 0 Å². The normalized spacial score (nSPS) is 40.7. The molecule has 2 nitrogen and oxygen atoms in total. The third-order valence-corrected chi connectivity index (χ3v) is 5.38. The summed E-state index contributed by atoms with van der Waals surface area (Å²) in [6.45, 7) is 5.98. The molecule has 0 spiro atoms. The lowest BCUT2D eigenvalue weighted by Crippen LogP contribution is -2.55. The zero-order valence-electron chi connectivity index (χ0n) is 8.71. The van der Waals surface area contributed by atoms with Gasteiger partial charge < -0.3 is 5.32 Å². The average Bonchev–Trinajstić information content (AvgIpc) is 2.59. The number of thiazole rings is 1. The van der Waals surface area contributed by atoms with E-state index in [9.17, 15) is 0 Å². The molecule has 1 aliphatic heterocycles. The summed E-state index contributed by atoms with van der Waals surface area (Å²) in [5.74, 6) is 0.754. The molecule has 0 unspecified atom stereocenters. The third-order valence-electron chi connectivity index (χ3n) is 4.23. The van der Waals surface area contributed by atoms with E-state index in [0.717, 1.165) is 12.3 Å². The Hall–Kier alpha value is -0.410. The highest BCUT2D eigenvalue weighted by Gasteiger charge is 2.46. The van der Waals surface area contributed by atoms with Gasteiger partial charge in [-0.2, -0.15) is 0 Å². The maximum Gasteiger partial charge on any atom is 0.0797 e. The standard InChI is InChI=1S/C11H16N2S/c1-7-8-5-9-10(14-6-13-9)11(7,2)3-4-12-8/h6-8,12H,3-5H2,1-2H3/t7-,8+,11+/m0/s1. The molecule has 2 aliphatic rings.